The zero-order valence-corrected chi connectivity index (χ0v) is 15.1. The molecule has 0 saturated carbocycles. The van der Waals surface area contributed by atoms with Crippen LogP contribution in [0, 0.1) is 0 Å². The topological polar surface area (TPSA) is 36.3 Å². The van der Waals surface area contributed by atoms with Gasteiger partial charge in [-0.2, -0.15) is 5.10 Å². The van der Waals surface area contributed by atoms with Crippen molar-refractivity contribution in [3.8, 4) is 0 Å². The Balaban J connectivity index is 1.75. The highest BCUT2D eigenvalue weighted by Crippen LogP contribution is 2.36. The average Bonchev–Trinajstić information content (AvgIpc) is 2.97. The Morgan fingerprint density at radius 2 is 1.74 bits per heavy atom. The molecule has 1 aliphatic heterocycles. The Labute approximate surface area is 146 Å². The molecule has 2 aromatic rings. The Morgan fingerprint density at radius 3 is 2.35 bits per heavy atom. The van der Waals surface area contributed by atoms with E-state index in [1.165, 1.54) is 0 Å². The standard InChI is InChI=1S/C16H19BCl2N2O2/c1-15(2)16(3,4)23-17(22-15)12-8-20-21(10-12)9-11-5-6-13(18)14(19)7-11/h5-8,10H,9H2,1-4H3. The summed E-state index contributed by atoms with van der Waals surface area (Å²) < 4.78 is 13.9. The molecule has 0 unspecified atom stereocenters. The average molecular weight is 353 g/mol. The molecule has 1 saturated heterocycles. The maximum Gasteiger partial charge on any atom is 0.498 e. The van der Waals surface area contributed by atoms with E-state index in [0.29, 0.717) is 16.6 Å². The highest BCUT2D eigenvalue weighted by Gasteiger charge is 2.52. The SMILES string of the molecule is CC1(C)OB(c2cnn(Cc3ccc(Cl)c(Cl)c3)c2)OC1(C)C. The molecule has 3 rings (SSSR count). The molecule has 0 aliphatic carbocycles. The van der Waals surface area contributed by atoms with Crippen molar-refractivity contribution in [2.45, 2.75) is 45.4 Å². The van der Waals surface area contributed by atoms with E-state index in [1.807, 2.05) is 50.7 Å². The molecular weight excluding hydrogens is 334 g/mol. The lowest BCUT2D eigenvalue weighted by Gasteiger charge is -2.32. The van der Waals surface area contributed by atoms with E-state index < -0.39 is 7.12 Å². The molecule has 4 nitrogen and oxygen atoms in total. The van der Waals surface area contributed by atoms with Gasteiger partial charge in [0.2, 0.25) is 0 Å². The van der Waals surface area contributed by atoms with Crippen LogP contribution in [-0.4, -0.2) is 28.1 Å². The van der Waals surface area contributed by atoms with Gasteiger partial charge in [0.1, 0.15) is 0 Å². The molecule has 122 valence electrons. The molecule has 1 fully saturated rings. The van der Waals surface area contributed by atoms with E-state index in [4.69, 9.17) is 32.5 Å². The number of halogens is 2. The third-order valence-electron chi connectivity index (χ3n) is 4.51. The molecule has 23 heavy (non-hydrogen) atoms. The van der Waals surface area contributed by atoms with E-state index >= 15 is 0 Å². The van der Waals surface area contributed by atoms with Crippen molar-refractivity contribution >= 4 is 35.8 Å². The zero-order chi connectivity index (χ0) is 16.8. The van der Waals surface area contributed by atoms with Crippen LogP contribution >= 0.6 is 23.2 Å². The molecule has 2 heterocycles. The largest absolute Gasteiger partial charge is 0.498 e. The van der Waals surface area contributed by atoms with Gasteiger partial charge in [0.05, 0.1) is 27.8 Å². The van der Waals surface area contributed by atoms with Gasteiger partial charge in [0.25, 0.3) is 0 Å². The van der Waals surface area contributed by atoms with E-state index in [2.05, 4.69) is 5.10 Å². The van der Waals surface area contributed by atoms with E-state index in [1.54, 1.807) is 12.3 Å². The van der Waals surface area contributed by atoms with Crippen LogP contribution in [0.25, 0.3) is 0 Å². The second-order valence-corrected chi connectivity index (χ2v) is 7.62. The maximum absolute atomic E-state index is 6.05. The van der Waals surface area contributed by atoms with E-state index in [-0.39, 0.29) is 11.2 Å². The third kappa shape index (κ3) is 3.29. The van der Waals surface area contributed by atoms with E-state index in [0.717, 1.165) is 11.0 Å². The van der Waals surface area contributed by atoms with Crippen LogP contribution in [-0.2, 0) is 15.9 Å². The predicted octanol–water partition coefficient (Wildman–Crippen LogP) is 3.54. The van der Waals surface area contributed by atoms with Crippen LogP contribution in [0.1, 0.15) is 33.3 Å². The quantitative estimate of drug-likeness (QED) is 0.792. The second-order valence-electron chi connectivity index (χ2n) is 6.81. The second kappa shape index (κ2) is 5.81. The van der Waals surface area contributed by atoms with Crippen LogP contribution < -0.4 is 5.46 Å². The van der Waals surface area contributed by atoms with Crippen molar-refractivity contribution in [1.29, 1.82) is 0 Å². The summed E-state index contributed by atoms with van der Waals surface area (Å²) in [5, 5.41) is 5.48. The first-order valence-electron chi connectivity index (χ1n) is 7.50. The molecule has 0 amide bonds. The van der Waals surface area contributed by atoms with Crippen molar-refractivity contribution in [2.75, 3.05) is 0 Å². The van der Waals surface area contributed by atoms with Crippen LogP contribution in [0.15, 0.2) is 30.6 Å². The first-order chi connectivity index (χ1) is 10.7. The smallest absolute Gasteiger partial charge is 0.399 e. The molecule has 0 radical (unpaired) electrons. The molecule has 0 atom stereocenters. The molecule has 0 spiro atoms. The summed E-state index contributed by atoms with van der Waals surface area (Å²) in [7, 11) is -0.400. The number of hydrogen-bond donors (Lipinski definition) is 0. The number of benzene rings is 1. The lowest BCUT2D eigenvalue weighted by molar-refractivity contribution is 0.00578. The van der Waals surface area contributed by atoms with Gasteiger partial charge in [-0.3, -0.25) is 4.68 Å². The minimum absolute atomic E-state index is 0.358. The van der Waals surface area contributed by atoms with Gasteiger partial charge in [0, 0.05) is 17.9 Å². The van der Waals surface area contributed by atoms with Crippen LogP contribution in [0.4, 0.5) is 0 Å². The minimum atomic E-state index is -0.400. The number of hydrogen-bond acceptors (Lipinski definition) is 3. The number of rotatable bonds is 3. The Morgan fingerprint density at radius 1 is 1.09 bits per heavy atom. The summed E-state index contributed by atoms with van der Waals surface area (Å²) in [4.78, 5) is 0. The summed E-state index contributed by atoms with van der Waals surface area (Å²) in [5.41, 5.74) is 1.22. The molecule has 1 aliphatic rings. The van der Waals surface area contributed by atoms with Crippen molar-refractivity contribution in [1.82, 2.24) is 9.78 Å². The molecule has 7 heteroatoms. The lowest BCUT2D eigenvalue weighted by atomic mass is 9.82. The summed E-state index contributed by atoms with van der Waals surface area (Å²) >= 11 is 12.0. The summed E-state index contributed by atoms with van der Waals surface area (Å²) in [6.45, 7) is 8.75. The van der Waals surface area contributed by atoms with Crippen molar-refractivity contribution in [3.63, 3.8) is 0 Å². The van der Waals surface area contributed by atoms with Gasteiger partial charge in [-0.25, -0.2) is 0 Å². The maximum atomic E-state index is 6.05. The van der Waals surface area contributed by atoms with Gasteiger partial charge in [-0.05, 0) is 45.4 Å². The van der Waals surface area contributed by atoms with Gasteiger partial charge in [-0.1, -0.05) is 29.3 Å². The fourth-order valence-electron chi connectivity index (χ4n) is 2.39. The highest BCUT2D eigenvalue weighted by molar-refractivity contribution is 6.62. The number of nitrogens with zero attached hydrogens (tertiary/aromatic N) is 2. The van der Waals surface area contributed by atoms with E-state index in [9.17, 15) is 0 Å². The van der Waals surface area contributed by atoms with Gasteiger partial charge in [-0.15, -0.1) is 0 Å². The normalized spacial score (nSPS) is 19.3. The number of aromatic nitrogens is 2. The Hall–Kier alpha value is -1.01. The molecule has 0 N–H and O–H groups in total. The summed E-state index contributed by atoms with van der Waals surface area (Å²) in [5.74, 6) is 0. The van der Waals surface area contributed by atoms with Crippen molar-refractivity contribution in [2.24, 2.45) is 0 Å². The third-order valence-corrected chi connectivity index (χ3v) is 5.25. The highest BCUT2D eigenvalue weighted by atomic mass is 35.5. The van der Waals surface area contributed by atoms with Gasteiger partial charge >= 0.3 is 7.12 Å². The van der Waals surface area contributed by atoms with Gasteiger partial charge < -0.3 is 9.31 Å². The fourth-order valence-corrected chi connectivity index (χ4v) is 2.71. The van der Waals surface area contributed by atoms with Crippen molar-refractivity contribution in [3.05, 3.63) is 46.2 Å². The minimum Gasteiger partial charge on any atom is -0.399 e. The first kappa shape index (κ1) is 16.8. The zero-order valence-electron chi connectivity index (χ0n) is 13.6. The van der Waals surface area contributed by atoms with Crippen molar-refractivity contribution < 1.29 is 9.31 Å². The van der Waals surface area contributed by atoms with Crippen LogP contribution in [0.3, 0.4) is 0 Å². The summed E-state index contributed by atoms with van der Waals surface area (Å²) in [6.07, 6.45) is 3.71. The molecule has 0 bridgehead atoms. The summed E-state index contributed by atoms with van der Waals surface area (Å²) in [6, 6.07) is 5.57. The van der Waals surface area contributed by atoms with Crippen LogP contribution in [0.5, 0.6) is 0 Å². The molecular formula is C16H19BCl2N2O2. The van der Waals surface area contributed by atoms with Crippen LogP contribution in [0.2, 0.25) is 10.0 Å². The first-order valence-corrected chi connectivity index (χ1v) is 8.25. The molecule has 1 aromatic carbocycles. The lowest BCUT2D eigenvalue weighted by Crippen LogP contribution is -2.41. The van der Waals surface area contributed by atoms with Gasteiger partial charge in [0.15, 0.2) is 0 Å². The molecule has 1 aromatic heterocycles. The monoisotopic (exact) mass is 352 g/mol. The Bertz CT molecular complexity index is 715. The Kier molecular flexibility index (Phi) is 4.26. The predicted molar refractivity (Wildman–Crippen MR) is 93.5 cm³/mol. The fraction of sp³-hybridized carbons (Fsp3) is 0.438.